The summed E-state index contributed by atoms with van der Waals surface area (Å²) >= 11 is 1.33. The van der Waals surface area contributed by atoms with Crippen LogP contribution in [0.1, 0.15) is 31.7 Å². The maximum Gasteiger partial charge on any atom is 0.233 e. The number of benzene rings is 1. The van der Waals surface area contributed by atoms with E-state index in [1.54, 1.807) is 26.2 Å². The number of nitrogens with two attached hydrogens (primary N) is 1. The second-order valence-electron chi connectivity index (χ2n) is 7.56. The number of carbonyl (C=O) groups is 2. The van der Waals surface area contributed by atoms with Gasteiger partial charge in [-0.25, -0.2) is 0 Å². The second kappa shape index (κ2) is 11.6. The summed E-state index contributed by atoms with van der Waals surface area (Å²) < 4.78 is 12.7. The van der Waals surface area contributed by atoms with E-state index in [0.29, 0.717) is 47.9 Å². The van der Waals surface area contributed by atoms with E-state index >= 15 is 0 Å². The maximum atomic E-state index is 12.7. The topological polar surface area (TPSA) is 113 Å². The molecule has 1 heterocycles. The molecule has 31 heavy (non-hydrogen) atoms. The number of para-hydroxylation sites is 1. The molecule has 2 aromatic rings. The Morgan fingerprint density at radius 1 is 1.23 bits per heavy atom. The van der Waals surface area contributed by atoms with E-state index in [9.17, 15) is 9.59 Å². The van der Waals surface area contributed by atoms with E-state index in [2.05, 4.69) is 24.0 Å². The molecule has 0 bridgehead atoms. The highest BCUT2D eigenvalue weighted by Crippen LogP contribution is 2.31. The van der Waals surface area contributed by atoms with E-state index in [0.717, 1.165) is 5.56 Å². The zero-order chi connectivity index (χ0) is 23.0. The lowest BCUT2D eigenvalue weighted by molar-refractivity contribution is -0.127. The molecule has 9 nitrogen and oxygen atoms in total. The van der Waals surface area contributed by atoms with Crippen LogP contribution in [-0.2, 0) is 29.1 Å². The molecule has 2 rings (SSSR count). The third-order valence-corrected chi connectivity index (χ3v) is 5.53. The standard InChI is InChI=1S/C21H31N5O4S/c1-14(2)11-26-18(10-9-17(22)27)23-24-21(26)31-13-19(28)25(3)12-15-7-6-8-16(29-4)20(15)30-5/h6-8,14H,9-13H2,1-5H3,(H2,22,27). The van der Waals surface area contributed by atoms with Gasteiger partial charge in [-0.2, -0.15) is 0 Å². The highest BCUT2D eigenvalue weighted by Gasteiger charge is 2.19. The van der Waals surface area contributed by atoms with Crippen LogP contribution >= 0.6 is 11.8 Å². The molecule has 0 aliphatic carbocycles. The Hall–Kier alpha value is -2.75. The largest absolute Gasteiger partial charge is 0.493 e. The minimum atomic E-state index is -0.377. The number of aryl methyl sites for hydroxylation is 1. The molecule has 0 saturated carbocycles. The fourth-order valence-corrected chi connectivity index (χ4v) is 3.96. The van der Waals surface area contributed by atoms with Crippen LogP contribution in [0.5, 0.6) is 11.5 Å². The van der Waals surface area contributed by atoms with Gasteiger partial charge in [-0.15, -0.1) is 10.2 Å². The van der Waals surface area contributed by atoms with Crippen LogP contribution < -0.4 is 15.2 Å². The lowest BCUT2D eigenvalue weighted by Gasteiger charge is -2.20. The summed E-state index contributed by atoms with van der Waals surface area (Å²) in [5.41, 5.74) is 6.12. The molecule has 0 unspecified atom stereocenters. The summed E-state index contributed by atoms with van der Waals surface area (Å²) in [6.07, 6.45) is 0.643. The van der Waals surface area contributed by atoms with Gasteiger partial charge in [0, 0.05) is 38.5 Å². The summed E-state index contributed by atoms with van der Waals surface area (Å²) in [5, 5.41) is 9.09. The van der Waals surface area contributed by atoms with Gasteiger partial charge in [0.25, 0.3) is 0 Å². The van der Waals surface area contributed by atoms with Crippen LogP contribution in [0, 0.1) is 5.92 Å². The summed E-state index contributed by atoms with van der Waals surface area (Å²) in [6.45, 7) is 5.27. The molecule has 0 fully saturated rings. The first kappa shape index (κ1) is 24.5. The predicted molar refractivity (Wildman–Crippen MR) is 119 cm³/mol. The number of nitrogens with zero attached hydrogens (tertiary/aromatic N) is 4. The van der Waals surface area contributed by atoms with Gasteiger partial charge < -0.3 is 24.7 Å². The van der Waals surface area contributed by atoms with Crippen molar-refractivity contribution in [2.45, 2.75) is 44.9 Å². The van der Waals surface area contributed by atoms with Crippen LogP contribution in [0.3, 0.4) is 0 Å². The minimum Gasteiger partial charge on any atom is -0.493 e. The van der Waals surface area contributed by atoms with Crippen LogP contribution in [0.15, 0.2) is 23.4 Å². The molecular weight excluding hydrogens is 418 g/mol. The molecule has 0 saturated heterocycles. The van der Waals surface area contributed by atoms with Crippen LogP contribution in [-0.4, -0.2) is 58.5 Å². The number of methoxy groups -OCH3 is 2. The smallest absolute Gasteiger partial charge is 0.233 e. The molecule has 2 amide bonds. The van der Waals surface area contributed by atoms with Crippen molar-refractivity contribution in [3.63, 3.8) is 0 Å². The SMILES string of the molecule is COc1cccc(CN(C)C(=O)CSc2nnc(CCC(N)=O)n2CC(C)C)c1OC. The number of rotatable bonds is 12. The van der Waals surface area contributed by atoms with Gasteiger partial charge in [0.2, 0.25) is 11.8 Å². The summed E-state index contributed by atoms with van der Waals surface area (Å²) in [7, 11) is 4.91. The molecule has 1 aromatic heterocycles. The van der Waals surface area contributed by atoms with Crippen molar-refractivity contribution < 1.29 is 19.1 Å². The number of carbonyl (C=O) groups excluding carboxylic acids is 2. The van der Waals surface area contributed by atoms with E-state index < -0.39 is 0 Å². The molecule has 2 N–H and O–H groups in total. The fourth-order valence-electron chi connectivity index (χ4n) is 3.05. The maximum absolute atomic E-state index is 12.7. The molecule has 0 aliphatic heterocycles. The van der Waals surface area contributed by atoms with Crippen LogP contribution in [0.4, 0.5) is 0 Å². The van der Waals surface area contributed by atoms with Gasteiger partial charge in [0.1, 0.15) is 5.82 Å². The first-order chi connectivity index (χ1) is 14.8. The zero-order valence-electron chi connectivity index (χ0n) is 18.8. The normalized spacial score (nSPS) is 10.9. The van der Waals surface area contributed by atoms with Crippen molar-refractivity contribution in [1.29, 1.82) is 0 Å². The van der Waals surface area contributed by atoms with Gasteiger partial charge in [-0.05, 0) is 12.0 Å². The third-order valence-electron chi connectivity index (χ3n) is 4.58. The monoisotopic (exact) mass is 449 g/mol. The molecule has 0 radical (unpaired) electrons. The van der Waals surface area contributed by atoms with Crippen molar-refractivity contribution in [3.8, 4) is 11.5 Å². The van der Waals surface area contributed by atoms with Gasteiger partial charge in [0.05, 0.1) is 20.0 Å². The van der Waals surface area contributed by atoms with E-state index in [4.69, 9.17) is 15.2 Å². The first-order valence-corrected chi connectivity index (χ1v) is 11.0. The van der Waals surface area contributed by atoms with Crippen molar-refractivity contribution in [1.82, 2.24) is 19.7 Å². The second-order valence-corrected chi connectivity index (χ2v) is 8.50. The van der Waals surface area contributed by atoms with Crippen LogP contribution in [0.2, 0.25) is 0 Å². The van der Waals surface area contributed by atoms with E-state index in [1.165, 1.54) is 11.8 Å². The average Bonchev–Trinajstić information content (AvgIpc) is 3.10. The number of primary amides is 1. The van der Waals surface area contributed by atoms with E-state index in [1.807, 2.05) is 22.8 Å². The van der Waals surface area contributed by atoms with Gasteiger partial charge in [0.15, 0.2) is 16.7 Å². The summed E-state index contributed by atoms with van der Waals surface area (Å²) in [5.74, 6) is 2.10. The number of hydrogen-bond donors (Lipinski definition) is 1. The molecular formula is C21H31N5O4S. The fraction of sp³-hybridized carbons (Fsp3) is 0.524. The predicted octanol–water partition coefficient (Wildman–Crippen LogP) is 2.12. The number of ether oxygens (including phenoxy) is 2. The Morgan fingerprint density at radius 3 is 2.58 bits per heavy atom. The van der Waals surface area contributed by atoms with E-state index in [-0.39, 0.29) is 24.0 Å². The quantitative estimate of drug-likeness (QED) is 0.494. The first-order valence-electron chi connectivity index (χ1n) is 10.0. The minimum absolute atomic E-state index is 0.0485. The molecule has 1 aromatic carbocycles. The Bertz CT molecular complexity index is 900. The number of thioether (sulfide) groups is 1. The molecule has 0 atom stereocenters. The molecule has 10 heteroatoms. The lowest BCUT2D eigenvalue weighted by Crippen LogP contribution is -2.28. The molecule has 170 valence electrons. The summed E-state index contributed by atoms with van der Waals surface area (Å²) in [6, 6.07) is 5.59. The van der Waals surface area contributed by atoms with Crippen molar-refractivity contribution in [2.24, 2.45) is 11.7 Å². The van der Waals surface area contributed by atoms with Crippen molar-refractivity contribution >= 4 is 23.6 Å². The highest BCUT2D eigenvalue weighted by molar-refractivity contribution is 7.99. The third kappa shape index (κ3) is 6.88. The molecule has 0 aliphatic rings. The average molecular weight is 450 g/mol. The Kier molecular flexibility index (Phi) is 9.17. The van der Waals surface area contributed by atoms with Crippen LogP contribution in [0.25, 0.3) is 0 Å². The Labute approximate surface area is 187 Å². The number of amides is 2. The number of aromatic nitrogens is 3. The lowest BCUT2D eigenvalue weighted by atomic mass is 10.1. The number of hydrogen-bond acceptors (Lipinski definition) is 7. The summed E-state index contributed by atoms with van der Waals surface area (Å²) in [4.78, 5) is 25.5. The van der Waals surface area contributed by atoms with Gasteiger partial charge >= 0.3 is 0 Å². The molecule has 0 spiro atoms. The highest BCUT2D eigenvalue weighted by atomic mass is 32.2. The van der Waals surface area contributed by atoms with Crippen molar-refractivity contribution in [3.05, 3.63) is 29.6 Å². The zero-order valence-corrected chi connectivity index (χ0v) is 19.6. The Balaban J connectivity index is 2.05. The van der Waals surface area contributed by atoms with Gasteiger partial charge in [-0.1, -0.05) is 37.7 Å². The van der Waals surface area contributed by atoms with Crippen molar-refractivity contribution in [2.75, 3.05) is 27.0 Å². The van der Waals surface area contributed by atoms with Gasteiger partial charge in [-0.3, -0.25) is 9.59 Å². The Morgan fingerprint density at radius 2 is 1.97 bits per heavy atom.